The van der Waals surface area contributed by atoms with Crippen LogP contribution < -0.4 is 0 Å². The summed E-state index contributed by atoms with van der Waals surface area (Å²) in [5, 5.41) is 1.26. The first-order valence-electron chi connectivity index (χ1n) is 3.31. The zero-order valence-electron chi connectivity index (χ0n) is 6.64. The Hall–Kier alpha value is 0.0200. The number of hydrogen-bond acceptors (Lipinski definition) is 2. The molecule has 0 heterocycles. The fraction of sp³-hybridized carbons (Fsp3) is 0.857. The van der Waals surface area contributed by atoms with Gasteiger partial charge in [0.25, 0.3) is 0 Å². The van der Waals surface area contributed by atoms with Gasteiger partial charge in [-0.1, -0.05) is 20.8 Å². The van der Waals surface area contributed by atoms with E-state index >= 15 is 0 Å². The van der Waals surface area contributed by atoms with Gasteiger partial charge in [-0.25, -0.2) is 0 Å². The highest BCUT2D eigenvalue weighted by Gasteiger charge is 2.01. The molecular formula is C7H15NS. The van der Waals surface area contributed by atoms with Gasteiger partial charge in [0.1, 0.15) is 0 Å². The number of nitrogens with zero attached hydrogens (tertiary/aromatic N) is 1. The molecule has 0 radical (unpaired) electrons. The Balaban J connectivity index is 3.70. The highest BCUT2D eigenvalue weighted by Crippen LogP contribution is 2.11. The monoisotopic (exact) mass is 145 g/mol. The molecule has 9 heavy (non-hydrogen) atoms. The number of thioether (sulfide) groups is 1. The van der Waals surface area contributed by atoms with Crippen molar-refractivity contribution in [3.63, 3.8) is 0 Å². The number of aliphatic imine (C=N–C) groups is 1. The van der Waals surface area contributed by atoms with Crippen LogP contribution in [0.25, 0.3) is 0 Å². The topological polar surface area (TPSA) is 12.4 Å². The Morgan fingerprint density at radius 3 is 2.22 bits per heavy atom. The molecule has 1 nitrogen and oxygen atoms in total. The van der Waals surface area contributed by atoms with E-state index < -0.39 is 0 Å². The van der Waals surface area contributed by atoms with Gasteiger partial charge in [0.15, 0.2) is 0 Å². The minimum atomic E-state index is 0.597. The molecule has 0 fully saturated rings. The minimum absolute atomic E-state index is 0.597. The van der Waals surface area contributed by atoms with E-state index in [-0.39, 0.29) is 0 Å². The molecule has 0 atom stereocenters. The molecule has 0 saturated carbocycles. The highest BCUT2D eigenvalue weighted by molar-refractivity contribution is 8.13. The smallest absolute Gasteiger partial charge is 0.0697 e. The third-order valence-electron chi connectivity index (χ3n) is 1.01. The van der Waals surface area contributed by atoms with Crippen LogP contribution >= 0.6 is 11.8 Å². The Morgan fingerprint density at radius 1 is 1.56 bits per heavy atom. The minimum Gasteiger partial charge on any atom is -0.286 e. The third-order valence-corrected chi connectivity index (χ3v) is 2.24. The van der Waals surface area contributed by atoms with Crippen LogP contribution in [0.5, 0.6) is 0 Å². The van der Waals surface area contributed by atoms with Crippen LogP contribution in [0, 0.1) is 5.92 Å². The lowest BCUT2D eigenvalue weighted by Crippen LogP contribution is -2.02. The van der Waals surface area contributed by atoms with Gasteiger partial charge in [0, 0.05) is 13.0 Å². The Labute approximate surface area is 61.9 Å². The average Bonchev–Trinajstić information content (AvgIpc) is 1.82. The molecule has 2 heteroatoms. The van der Waals surface area contributed by atoms with Gasteiger partial charge in [0.05, 0.1) is 5.04 Å². The summed E-state index contributed by atoms with van der Waals surface area (Å²) in [5.74, 6) is 1.73. The van der Waals surface area contributed by atoms with Crippen molar-refractivity contribution in [3.05, 3.63) is 0 Å². The van der Waals surface area contributed by atoms with Gasteiger partial charge in [-0.15, -0.1) is 11.8 Å². The maximum absolute atomic E-state index is 4.16. The van der Waals surface area contributed by atoms with E-state index in [4.69, 9.17) is 0 Å². The van der Waals surface area contributed by atoms with E-state index in [9.17, 15) is 0 Å². The molecule has 0 aliphatic carbocycles. The third kappa shape index (κ3) is 3.57. The molecule has 0 aliphatic heterocycles. The lowest BCUT2D eigenvalue weighted by Gasteiger charge is -2.05. The molecule has 0 saturated heterocycles. The molecule has 0 aromatic heterocycles. The molecule has 0 N–H and O–H groups in total. The normalized spacial score (nSPS) is 12.8. The second kappa shape index (κ2) is 4.86. The summed E-state index contributed by atoms with van der Waals surface area (Å²) in [6.45, 7) is 6.49. The quantitative estimate of drug-likeness (QED) is 0.429. The predicted molar refractivity (Wildman–Crippen MR) is 46.3 cm³/mol. The van der Waals surface area contributed by atoms with Gasteiger partial charge >= 0.3 is 0 Å². The summed E-state index contributed by atoms with van der Waals surface area (Å²) in [6.07, 6.45) is 0. The van der Waals surface area contributed by atoms with Crippen LogP contribution in [-0.4, -0.2) is 17.8 Å². The standard InChI is InChI=1S/C7H15NS/c1-5-9-7(8-4)6(2)3/h6H,5H2,1-4H3. The SMILES string of the molecule is CCSC(=NC)C(C)C. The van der Waals surface area contributed by atoms with Crippen LogP contribution in [0.1, 0.15) is 20.8 Å². The van der Waals surface area contributed by atoms with Crippen LogP contribution in [0.3, 0.4) is 0 Å². The lowest BCUT2D eigenvalue weighted by atomic mass is 10.2. The van der Waals surface area contributed by atoms with Crippen molar-refractivity contribution < 1.29 is 0 Å². The molecule has 0 aromatic carbocycles. The molecule has 0 unspecified atom stereocenters. The van der Waals surface area contributed by atoms with E-state index in [0.717, 1.165) is 5.75 Å². The first kappa shape index (κ1) is 9.02. The van der Waals surface area contributed by atoms with E-state index in [1.165, 1.54) is 5.04 Å². The molecule has 0 spiro atoms. The van der Waals surface area contributed by atoms with Crippen molar-refractivity contribution >= 4 is 16.8 Å². The average molecular weight is 145 g/mol. The summed E-state index contributed by atoms with van der Waals surface area (Å²) in [7, 11) is 1.86. The Kier molecular flexibility index (Phi) is 4.87. The summed E-state index contributed by atoms with van der Waals surface area (Å²) >= 11 is 1.83. The summed E-state index contributed by atoms with van der Waals surface area (Å²) < 4.78 is 0. The summed E-state index contributed by atoms with van der Waals surface area (Å²) in [5.41, 5.74) is 0. The van der Waals surface area contributed by atoms with Crippen LogP contribution in [0.15, 0.2) is 4.99 Å². The van der Waals surface area contributed by atoms with Crippen molar-refractivity contribution in [1.29, 1.82) is 0 Å². The van der Waals surface area contributed by atoms with Crippen LogP contribution in [0.2, 0.25) is 0 Å². The van der Waals surface area contributed by atoms with Crippen molar-refractivity contribution in [1.82, 2.24) is 0 Å². The van der Waals surface area contributed by atoms with Crippen molar-refractivity contribution in [3.8, 4) is 0 Å². The van der Waals surface area contributed by atoms with E-state index in [0.29, 0.717) is 5.92 Å². The van der Waals surface area contributed by atoms with Gasteiger partial charge < -0.3 is 0 Å². The van der Waals surface area contributed by atoms with E-state index in [2.05, 4.69) is 25.8 Å². The Bertz CT molecular complexity index is 97.1. The fourth-order valence-electron chi connectivity index (χ4n) is 0.637. The fourth-order valence-corrected chi connectivity index (χ4v) is 1.40. The zero-order valence-corrected chi connectivity index (χ0v) is 7.46. The van der Waals surface area contributed by atoms with Gasteiger partial charge in [0.2, 0.25) is 0 Å². The first-order valence-corrected chi connectivity index (χ1v) is 4.30. The number of rotatable bonds is 2. The van der Waals surface area contributed by atoms with Crippen molar-refractivity contribution in [2.24, 2.45) is 10.9 Å². The van der Waals surface area contributed by atoms with Crippen molar-refractivity contribution in [2.45, 2.75) is 20.8 Å². The van der Waals surface area contributed by atoms with Gasteiger partial charge in [-0.2, -0.15) is 0 Å². The second-order valence-electron chi connectivity index (χ2n) is 2.15. The molecule has 0 amide bonds. The maximum atomic E-state index is 4.16. The van der Waals surface area contributed by atoms with Crippen LogP contribution in [-0.2, 0) is 0 Å². The van der Waals surface area contributed by atoms with Crippen LogP contribution in [0.4, 0.5) is 0 Å². The molecule has 0 rings (SSSR count). The van der Waals surface area contributed by atoms with E-state index in [1.54, 1.807) is 0 Å². The first-order chi connectivity index (χ1) is 4.22. The molecular weight excluding hydrogens is 130 g/mol. The van der Waals surface area contributed by atoms with Gasteiger partial charge in [-0.3, -0.25) is 4.99 Å². The van der Waals surface area contributed by atoms with E-state index in [1.807, 2.05) is 18.8 Å². The highest BCUT2D eigenvalue weighted by atomic mass is 32.2. The largest absolute Gasteiger partial charge is 0.286 e. The zero-order chi connectivity index (χ0) is 7.28. The predicted octanol–water partition coefficient (Wildman–Crippen LogP) is 2.42. The molecule has 0 aliphatic rings. The van der Waals surface area contributed by atoms with Gasteiger partial charge in [-0.05, 0) is 5.75 Å². The van der Waals surface area contributed by atoms with Crippen molar-refractivity contribution in [2.75, 3.05) is 12.8 Å². The Morgan fingerprint density at radius 2 is 2.11 bits per heavy atom. The summed E-state index contributed by atoms with van der Waals surface area (Å²) in [4.78, 5) is 4.16. The summed E-state index contributed by atoms with van der Waals surface area (Å²) in [6, 6.07) is 0. The maximum Gasteiger partial charge on any atom is 0.0697 e. The molecule has 54 valence electrons. The number of hydrogen-bond donors (Lipinski definition) is 0. The molecule has 0 bridgehead atoms. The lowest BCUT2D eigenvalue weighted by molar-refractivity contribution is 0.898. The molecule has 0 aromatic rings. The second-order valence-corrected chi connectivity index (χ2v) is 3.43.